The average molecular weight is 277 g/mol. The van der Waals surface area contributed by atoms with E-state index in [1.165, 1.54) is 5.56 Å². The molecule has 0 aromatic carbocycles. The summed E-state index contributed by atoms with van der Waals surface area (Å²) in [7, 11) is 1.80. The van der Waals surface area contributed by atoms with Gasteiger partial charge in [-0.05, 0) is 35.2 Å². The second-order valence-corrected chi connectivity index (χ2v) is 5.15. The van der Waals surface area contributed by atoms with Crippen molar-refractivity contribution in [1.82, 2.24) is 4.90 Å². The van der Waals surface area contributed by atoms with E-state index >= 15 is 0 Å². The van der Waals surface area contributed by atoms with Gasteiger partial charge in [0.15, 0.2) is 0 Å². The number of nitrogens with two attached hydrogens (primary N) is 1. The molecule has 17 heavy (non-hydrogen) atoms. The molecule has 2 rings (SSSR count). The lowest BCUT2D eigenvalue weighted by Crippen LogP contribution is -2.47. The fraction of sp³-hybridized carbons (Fsp3) is 0.667. The molecule has 0 bridgehead atoms. The quantitative estimate of drug-likeness (QED) is 0.915. The highest BCUT2D eigenvalue weighted by atomic mass is 35.5. The van der Waals surface area contributed by atoms with Crippen LogP contribution in [0.15, 0.2) is 16.8 Å². The van der Waals surface area contributed by atoms with Crippen LogP contribution in [-0.4, -0.2) is 37.2 Å². The summed E-state index contributed by atoms with van der Waals surface area (Å²) in [6.07, 6.45) is 2.58. The molecule has 0 saturated carbocycles. The molecule has 2 heterocycles. The van der Waals surface area contributed by atoms with Crippen molar-refractivity contribution >= 4 is 23.7 Å². The maximum Gasteiger partial charge on any atom is 0.0599 e. The zero-order valence-corrected chi connectivity index (χ0v) is 11.8. The van der Waals surface area contributed by atoms with E-state index in [1.54, 1.807) is 18.4 Å². The van der Waals surface area contributed by atoms with Crippen LogP contribution in [0.3, 0.4) is 0 Å². The van der Waals surface area contributed by atoms with Crippen LogP contribution in [0.1, 0.15) is 18.4 Å². The summed E-state index contributed by atoms with van der Waals surface area (Å²) in [5.41, 5.74) is 7.25. The number of methoxy groups -OCH3 is 1. The summed E-state index contributed by atoms with van der Waals surface area (Å²) in [6, 6.07) is 2.67. The lowest BCUT2D eigenvalue weighted by Gasteiger charge is -2.38. The van der Waals surface area contributed by atoms with Crippen LogP contribution in [0.4, 0.5) is 0 Å². The Kier molecular flexibility index (Phi) is 6.44. The van der Waals surface area contributed by atoms with Crippen molar-refractivity contribution in [3.05, 3.63) is 22.4 Å². The molecule has 1 saturated heterocycles. The Morgan fingerprint density at radius 2 is 2.41 bits per heavy atom. The van der Waals surface area contributed by atoms with Gasteiger partial charge < -0.3 is 10.5 Å². The van der Waals surface area contributed by atoms with Gasteiger partial charge in [0.25, 0.3) is 0 Å². The molecule has 1 fully saturated rings. The summed E-state index contributed by atoms with van der Waals surface area (Å²) < 4.78 is 5.43. The van der Waals surface area contributed by atoms with Gasteiger partial charge in [-0.3, -0.25) is 4.90 Å². The van der Waals surface area contributed by atoms with Crippen LogP contribution in [0, 0.1) is 0 Å². The highest BCUT2D eigenvalue weighted by Crippen LogP contribution is 2.21. The summed E-state index contributed by atoms with van der Waals surface area (Å²) >= 11 is 1.76. The number of piperidine rings is 1. The van der Waals surface area contributed by atoms with Gasteiger partial charge in [-0.25, -0.2) is 0 Å². The molecular formula is C12H21ClN2OS. The van der Waals surface area contributed by atoms with Crippen molar-refractivity contribution in [1.29, 1.82) is 0 Å². The molecule has 98 valence electrons. The van der Waals surface area contributed by atoms with Crippen molar-refractivity contribution in [3.8, 4) is 0 Å². The first kappa shape index (κ1) is 14.9. The van der Waals surface area contributed by atoms with Gasteiger partial charge in [-0.15, -0.1) is 12.4 Å². The van der Waals surface area contributed by atoms with Gasteiger partial charge in [-0.2, -0.15) is 11.3 Å². The predicted molar refractivity (Wildman–Crippen MR) is 74.9 cm³/mol. The van der Waals surface area contributed by atoms with E-state index in [9.17, 15) is 0 Å². The van der Waals surface area contributed by atoms with Gasteiger partial charge in [-0.1, -0.05) is 0 Å². The SMILES string of the molecule is COC1CCN(Cc2ccsc2)C(CN)C1.Cl. The molecule has 1 aromatic heterocycles. The molecule has 0 aliphatic carbocycles. The first-order valence-corrected chi connectivity index (χ1v) is 6.75. The topological polar surface area (TPSA) is 38.5 Å². The van der Waals surface area contributed by atoms with Crippen LogP contribution in [0.2, 0.25) is 0 Å². The fourth-order valence-corrected chi connectivity index (χ4v) is 3.01. The Balaban J connectivity index is 0.00000144. The monoisotopic (exact) mass is 276 g/mol. The zero-order valence-electron chi connectivity index (χ0n) is 10.2. The molecule has 1 aliphatic heterocycles. The van der Waals surface area contributed by atoms with Crippen molar-refractivity contribution in [2.75, 3.05) is 20.2 Å². The van der Waals surface area contributed by atoms with Crippen LogP contribution in [0.25, 0.3) is 0 Å². The van der Waals surface area contributed by atoms with E-state index < -0.39 is 0 Å². The molecule has 2 atom stereocenters. The number of ether oxygens (including phenoxy) is 1. The molecule has 0 amide bonds. The number of nitrogens with zero attached hydrogens (tertiary/aromatic N) is 1. The number of hydrogen-bond donors (Lipinski definition) is 1. The fourth-order valence-electron chi connectivity index (χ4n) is 2.35. The normalized spacial score (nSPS) is 25.5. The third-order valence-corrected chi connectivity index (χ3v) is 4.09. The van der Waals surface area contributed by atoms with E-state index in [0.717, 1.165) is 32.5 Å². The highest BCUT2D eigenvalue weighted by Gasteiger charge is 2.27. The first-order chi connectivity index (χ1) is 7.83. The first-order valence-electron chi connectivity index (χ1n) is 5.81. The molecule has 2 unspecified atom stereocenters. The summed E-state index contributed by atoms with van der Waals surface area (Å²) in [5, 5.41) is 4.35. The number of rotatable bonds is 4. The third kappa shape index (κ3) is 3.93. The smallest absolute Gasteiger partial charge is 0.0599 e. The minimum absolute atomic E-state index is 0. The molecule has 0 radical (unpaired) electrons. The Morgan fingerprint density at radius 1 is 1.59 bits per heavy atom. The molecule has 3 nitrogen and oxygen atoms in total. The standard InChI is InChI=1S/C12H20N2OS.ClH/c1-15-12-2-4-14(11(6-12)7-13)8-10-3-5-16-9-10;/h3,5,9,11-12H,2,4,6-8,13H2,1H3;1H. The zero-order chi connectivity index (χ0) is 11.4. The highest BCUT2D eigenvalue weighted by molar-refractivity contribution is 7.07. The molecule has 1 aromatic rings. The van der Waals surface area contributed by atoms with E-state index in [2.05, 4.69) is 21.7 Å². The van der Waals surface area contributed by atoms with Gasteiger partial charge in [0, 0.05) is 32.8 Å². The minimum Gasteiger partial charge on any atom is -0.381 e. The van der Waals surface area contributed by atoms with Crippen LogP contribution in [0.5, 0.6) is 0 Å². The van der Waals surface area contributed by atoms with E-state index in [1.807, 2.05) is 0 Å². The van der Waals surface area contributed by atoms with Gasteiger partial charge in [0.1, 0.15) is 0 Å². The Morgan fingerprint density at radius 3 is 3.00 bits per heavy atom. The maximum atomic E-state index is 5.84. The maximum absolute atomic E-state index is 5.84. The van der Waals surface area contributed by atoms with Gasteiger partial charge in [0.2, 0.25) is 0 Å². The Bertz CT molecular complexity index is 307. The number of hydrogen-bond acceptors (Lipinski definition) is 4. The minimum atomic E-state index is 0. The molecule has 1 aliphatic rings. The third-order valence-electron chi connectivity index (χ3n) is 3.36. The van der Waals surface area contributed by atoms with Gasteiger partial charge in [0.05, 0.1) is 6.10 Å². The van der Waals surface area contributed by atoms with E-state index in [0.29, 0.717) is 12.1 Å². The van der Waals surface area contributed by atoms with Crippen LogP contribution >= 0.6 is 23.7 Å². The van der Waals surface area contributed by atoms with Crippen LogP contribution < -0.4 is 5.73 Å². The van der Waals surface area contributed by atoms with Crippen LogP contribution in [-0.2, 0) is 11.3 Å². The lowest BCUT2D eigenvalue weighted by molar-refractivity contribution is 0.0103. The summed E-state index contributed by atoms with van der Waals surface area (Å²) in [5.74, 6) is 0. The van der Waals surface area contributed by atoms with Crippen molar-refractivity contribution in [2.24, 2.45) is 5.73 Å². The Hall–Kier alpha value is -0.130. The molecular weight excluding hydrogens is 256 g/mol. The number of thiophene rings is 1. The number of halogens is 1. The van der Waals surface area contributed by atoms with E-state index in [-0.39, 0.29) is 12.4 Å². The predicted octanol–water partition coefficient (Wildman–Crippen LogP) is 2.11. The largest absolute Gasteiger partial charge is 0.381 e. The Labute approximate surface area is 113 Å². The van der Waals surface area contributed by atoms with Crippen molar-refractivity contribution < 1.29 is 4.74 Å². The summed E-state index contributed by atoms with van der Waals surface area (Å²) in [6.45, 7) is 2.85. The van der Waals surface area contributed by atoms with Crippen molar-refractivity contribution in [2.45, 2.75) is 31.5 Å². The number of likely N-dealkylation sites (tertiary alicyclic amines) is 1. The second kappa shape index (κ2) is 7.34. The lowest BCUT2D eigenvalue weighted by atomic mass is 9.99. The second-order valence-electron chi connectivity index (χ2n) is 4.37. The van der Waals surface area contributed by atoms with Gasteiger partial charge >= 0.3 is 0 Å². The molecule has 5 heteroatoms. The molecule has 2 N–H and O–H groups in total. The average Bonchev–Trinajstić information content (AvgIpc) is 2.82. The summed E-state index contributed by atoms with van der Waals surface area (Å²) in [4.78, 5) is 2.48. The van der Waals surface area contributed by atoms with E-state index in [4.69, 9.17) is 10.5 Å². The molecule has 0 spiro atoms. The van der Waals surface area contributed by atoms with Crippen molar-refractivity contribution in [3.63, 3.8) is 0 Å².